The van der Waals surface area contributed by atoms with Gasteiger partial charge in [-0.15, -0.1) is 0 Å². The molecule has 1 aliphatic heterocycles. The number of esters is 1. The van der Waals surface area contributed by atoms with Crippen LogP contribution >= 0.6 is 11.6 Å². The predicted octanol–water partition coefficient (Wildman–Crippen LogP) is 3.10. The number of ether oxygens (including phenoxy) is 2. The third kappa shape index (κ3) is 5.14. The van der Waals surface area contributed by atoms with E-state index in [1.165, 1.54) is 30.2 Å². The van der Waals surface area contributed by atoms with Crippen molar-refractivity contribution < 1.29 is 28.8 Å². The zero-order valence-electron chi connectivity index (χ0n) is 17.3. The van der Waals surface area contributed by atoms with Crippen molar-refractivity contribution in [3.63, 3.8) is 0 Å². The molecule has 3 rings (SSSR count). The summed E-state index contributed by atoms with van der Waals surface area (Å²) in [4.78, 5) is 48.8. The number of halogens is 1. The van der Waals surface area contributed by atoms with Gasteiger partial charge in [0.25, 0.3) is 11.6 Å². The number of nitro benzene ring substituents is 1. The molecule has 0 spiro atoms. The van der Waals surface area contributed by atoms with Gasteiger partial charge in [-0.25, -0.2) is 0 Å². The van der Waals surface area contributed by atoms with Gasteiger partial charge in [-0.05, 0) is 31.2 Å². The summed E-state index contributed by atoms with van der Waals surface area (Å²) in [5.74, 6) is -1.99. The third-order valence-electron chi connectivity index (χ3n) is 4.93. The van der Waals surface area contributed by atoms with Crippen molar-refractivity contribution in [2.45, 2.75) is 13.3 Å². The molecule has 0 unspecified atom stereocenters. The van der Waals surface area contributed by atoms with E-state index in [1.807, 2.05) is 0 Å². The highest BCUT2D eigenvalue weighted by Crippen LogP contribution is 2.35. The Labute approximate surface area is 188 Å². The maximum Gasteiger partial charge on any atom is 0.311 e. The second-order valence-electron chi connectivity index (χ2n) is 7.14. The molecule has 1 saturated heterocycles. The van der Waals surface area contributed by atoms with Gasteiger partial charge in [-0.1, -0.05) is 17.7 Å². The Balaban J connectivity index is 1.58. The standard InChI is InChI=1S/C21H20ClN3O7/c1-12-3-5-15(9-16(12)25(29)30)23-19(26)11-32-21(28)13-7-20(27)24(10-13)17-8-14(22)4-6-18(17)31-2/h3-6,8-9,13H,7,10-11H2,1-2H3,(H,23,26)/t13-/m1/s1. The lowest BCUT2D eigenvalue weighted by atomic mass is 10.1. The van der Waals surface area contributed by atoms with Gasteiger partial charge < -0.3 is 19.7 Å². The SMILES string of the molecule is COc1ccc(Cl)cc1N1C[C@H](C(=O)OCC(=O)Nc2ccc(C)c([N+](=O)[O-])c2)CC1=O. The summed E-state index contributed by atoms with van der Waals surface area (Å²) >= 11 is 6.02. The average molecular weight is 462 g/mol. The summed E-state index contributed by atoms with van der Waals surface area (Å²) in [7, 11) is 1.46. The Bertz CT molecular complexity index is 1090. The van der Waals surface area contributed by atoms with Gasteiger partial charge in [0.05, 0.1) is 23.6 Å². The van der Waals surface area contributed by atoms with Crippen molar-refractivity contribution in [3.8, 4) is 5.75 Å². The second kappa shape index (κ2) is 9.65. The minimum Gasteiger partial charge on any atom is -0.495 e. The average Bonchev–Trinajstić information content (AvgIpc) is 3.14. The number of amides is 2. The van der Waals surface area contributed by atoms with E-state index in [1.54, 1.807) is 25.1 Å². The highest BCUT2D eigenvalue weighted by Gasteiger charge is 2.37. The zero-order chi connectivity index (χ0) is 23.4. The number of aryl methyl sites for hydroxylation is 1. The molecule has 11 heteroatoms. The van der Waals surface area contributed by atoms with Crippen LogP contribution < -0.4 is 15.0 Å². The molecular weight excluding hydrogens is 442 g/mol. The van der Waals surface area contributed by atoms with Gasteiger partial charge in [0.1, 0.15) is 5.75 Å². The number of nitrogens with zero attached hydrogens (tertiary/aromatic N) is 2. The molecule has 32 heavy (non-hydrogen) atoms. The molecule has 2 amide bonds. The molecular formula is C21H20ClN3O7. The van der Waals surface area contributed by atoms with E-state index in [0.29, 0.717) is 22.0 Å². The van der Waals surface area contributed by atoms with Crippen LogP contribution in [0.5, 0.6) is 5.75 Å². The molecule has 2 aromatic carbocycles. The molecule has 0 saturated carbocycles. The van der Waals surface area contributed by atoms with Crippen LogP contribution in [0.15, 0.2) is 36.4 Å². The molecule has 10 nitrogen and oxygen atoms in total. The van der Waals surface area contributed by atoms with Crippen molar-refractivity contribution in [2.24, 2.45) is 5.92 Å². The highest BCUT2D eigenvalue weighted by molar-refractivity contribution is 6.31. The van der Waals surface area contributed by atoms with Crippen LogP contribution in [0, 0.1) is 23.0 Å². The number of methoxy groups -OCH3 is 1. The Hall–Kier alpha value is -3.66. The maximum atomic E-state index is 12.4. The first-order chi connectivity index (χ1) is 15.2. The van der Waals surface area contributed by atoms with E-state index >= 15 is 0 Å². The number of carbonyl (C=O) groups excluding carboxylic acids is 3. The molecule has 0 aromatic heterocycles. The molecule has 1 aliphatic rings. The van der Waals surface area contributed by atoms with Crippen LogP contribution in [0.1, 0.15) is 12.0 Å². The first-order valence-electron chi connectivity index (χ1n) is 9.55. The van der Waals surface area contributed by atoms with Crippen LogP contribution in [-0.4, -0.2) is 43.0 Å². The van der Waals surface area contributed by atoms with Gasteiger partial charge in [0.15, 0.2) is 6.61 Å². The number of benzene rings is 2. The molecule has 1 heterocycles. The quantitative estimate of drug-likeness (QED) is 0.381. The number of anilines is 2. The number of carbonyl (C=O) groups is 3. The van der Waals surface area contributed by atoms with Crippen LogP contribution in [0.2, 0.25) is 5.02 Å². The fraction of sp³-hybridized carbons (Fsp3) is 0.286. The number of nitro groups is 1. The van der Waals surface area contributed by atoms with Gasteiger partial charge >= 0.3 is 5.97 Å². The Morgan fingerprint density at radius 3 is 2.72 bits per heavy atom. The van der Waals surface area contributed by atoms with E-state index in [9.17, 15) is 24.5 Å². The largest absolute Gasteiger partial charge is 0.495 e. The van der Waals surface area contributed by atoms with Gasteiger partial charge in [-0.2, -0.15) is 0 Å². The molecule has 1 N–H and O–H groups in total. The topological polar surface area (TPSA) is 128 Å². The van der Waals surface area contributed by atoms with Gasteiger partial charge in [0.2, 0.25) is 5.91 Å². The minimum absolute atomic E-state index is 0.0557. The van der Waals surface area contributed by atoms with E-state index in [-0.39, 0.29) is 30.2 Å². The van der Waals surface area contributed by atoms with Crippen molar-refractivity contribution >= 4 is 46.4 Å². The number of nitrogens with one attached hydrogen (secondary N) is 1. The summed E-state index contributed by atoms with van der Waals surface area (Å²) < 4.78 is 10.3. The fourth-order valence-electron chi connectivity index (χ4n) is 3.31. The lowest BCUT2D eigenvalue weighted by Gasteiger charge is -2.19. The summed E-state index contributed by atoms with van der Waals surface area (Å²) in [6.07, 6.45) is -0.0831. The molecule has 2 aromatic rings. The molecule has 0 radical (unpaired) electrons. The smallest absolute Gasteiger partial charge is 0.311 e. The van der Waals surface area contributed by atoms with E-state index in [2.05, 4.69) is 5.32 Å². The van der Waals surface area contributed by atoms with Crippen LogP contribution in [0.3, 0.4) is 0 Å². The van der Waals surface area contributed by atoms with E-state index in [0.717, 1.165) is 0 Å². The van der Waals surface area contributed by atoms with Crippen LogP contribution in [0.25, 0.3) is 0 Å². The summed E-state index contributed by atoms with van der Waals surface area (Å²) in [5.41, 5.74) is 0.963. The Morgan fingerprint density at radius 1 is 1.28 bits per heavy atom. The van der Waals surface area contributed by atoms with Crippen LogP contribution in [-0.2, 0) is 19.1 Å². The number of rotatable bonds is 7. The third-order valence-corrected chi connectivity index (χ3v) is 5.16. The summed E-state index contributed by atoms with van der Waals surface area (Å²) in [6.45, 7) is 1.04. The van der Waals surface area contributed by atoms with Crippen LogP contribution in [0.4, 0.5) is 17.1 Å². The molecule has 1 atom stereocenters. The lowest BCUT2D eigenvalue weighted by molar-refractivity contribution is -0.385. The molecule has 1 fully saturated rings. The highest BCUT2D eigenvalue weighted by atomic mass is 35.5. The lowest BCUT2D eigenvalue weighted by Crippen LogP contribution is -2.28. The maximum absolute atomic E-state index is 12.4. The van der Waals surface area contributed by atoms with Gasteiger partial charge in [-0.3, -0.25) is 24.5 Å². The van der Waals surface area contributed by atoms with E-state index < -0.39 is 29.3 Å². The Kier molecular flexibility index (Phi) is 6.94. The first kappa shape index (κ1) is 23.0. The Morgan fingerprint density at radius 2 is 2.03 bits per heavy atom. The molecule has 0 bridgehead atoms. The second-order valence-corrected chi connectivity index (χ2v) is 7.57. The van der Waals surface area contributed by atoms with Crippen molar-refractivity contribution in [1.82, 2.24) is 0 Å². The zero-order valence-corrected chi connectivity index (χ0v) is 18.0. The predicted molar refractivity (Wildman–Crippen MR) is 116 cm³/mol. The minimum atomic E-state index is -0.764. The number of hydrogen-bond acceptors (Lipinski definition) is 7. The van der Waals surface area contributed by atoms with Gasteiger partial charge in [0, 0.05) is 35.3 Å². The summed E-state index contributed by atoms with van der Waals surface area (Å²) in [5, 5.41) is 13.9. The number of hydrogen-bond donors (Lipinski definition) is 1. The summed E-state index contributed by atoms with van der Waals surface area (Å²) in [6, 6.07) is 9.05. The van der Waals surface area contributed by atoms with Crippen molar-refractivity contribution in [1.29, 1.82) is 0 Å². The first-order valence-corrected chi connectivity index (χ1v) is 9.93. The van der Waals surface area contributed by atoms with E-state index in [4.69, 9.17) is 21.1 Å². The molecule has 0 aliphatic carbocycles. The van der Waals surface area contributed by atoms with Crippen molar-refractivity contribution in [2.75, 3.05) is 30.5 Å². The molecule has 168 valence electrons. The fourth-order valence-corrected chi connectivity index (χ4v) is 3.47. The monoisotopic (exact) mass is 461 g/mol. The normalized spacial score (nSPS) is 15.4. The van der Waals surface area contributed by atoms with Crippen molar-refractivity contribution in [3.05, 3.63) is 57.1 Å².